The van der Waals surface area contributed by atoms with Crippen molar-refractivity contribution in [3.8, 4) is 11.3 Å². The number of nitrogens with one attached hydrogen (secondary N) is 1. The number of aromatic nitrogens is 1. The fraction of sp³-hybridized carbons (Fsp3) is 0.409. The Morgan fingerprint density at radius 2 is 1.90 bits per heavy atom. The SMILES string of the molecule is CCCCNC(=O)N(C)c1cccc(-c2ccc(CC(OCC)C(=O)O)cc2)n1. The maximum atomic E-state index is 12.2. The van der Waals surface area contributed by atoms with Crippen LogP contribution < -0.4 is 10.2 Å². The molecule has 2 amide bonds. The number of urea groups is 1. The molecule has 0 aliphatic heterocycles. The van der Waals surface area contributed by atoms with Crippen molar-refractivity contribution in [3.05, 3.63) is 48.0 Å². The number of aliphatic carboxylic acids is 1. The number of anilines is 1. The van der Waals surface area contributed by atoms with Gasteiger partial charge in [-0.25, -0.2) is 14.6 Å². The molecule has 1 atom stereocenters. The number of carboxylic acids is 1. The van der Waals surface area contributed by atoms with Crippen molar-refractivity contribution in [2.24, 2.45) is 0 Å². The summed E-state index contributed by atoms with van der Waals surface area (Å²) in [6.07, 6.45) is 1.40. The van der Waals surface area contributed by atoms with E-state index in [1.807, 2.05) is 36.4 Å². The van der Waals surface area contributed by atoms with E-state index in [1.165, 1.54) is 4.90 Å². The minimum Gasteiger partial charge on any atom is -0.479 e. The number of hydrogen-bond donors (Lipinski definition) is 2. The van der Waals surface area contributed by atoms with E-state index in [0.717, 1.165) is 29.7 Å². The molecule has 7 heteroatoms. The third-order valence-electron chi connectivity index (χ3n) is 4.50. The van der Waals surface area contributed by atoms with Crippen molar-refractivity contribution in [1.29, 1.82) is 0 Å². The number of unbranched alkanes of at least 4 members (excludes halogenated alkanes) is 1. The lowest BCUT2D eigenvalue weighted by molar-refractivity contribution is -0.149. The van der Waals surface area contributed by atoms with Crippen molar-refractivity contribution in [1.82, 2.24) is 10.3 Å². The van der Waals surface area contributed by atoms with E-state index in [4.69, 9.17) is 4.74 Å². The summed E-state index contributed by atoms with van der Waals surface area (Å²) >= 11 is 0. The largest absolute Gasteiger partial charge is 0.479 e. The zero-order valence-corrected chi connectivity index (χ0v) is 17.2. The number of carbonyl (C=O) groups excluding carboxylic acids is 1. The number of nitrogens with zero attached hydrogens (tertiary/aromatic N) is 2. The van der Waals surface area contributed by atoms with Gasteiger partial charge in [0.15, 0.2) is 6.10 Å². The van der Waals surface area contributed by atoms with Crippen LogP contribution in [0.15, 0.2) is 42.5 Å². The summed E-state index contributed by atoms with van der Waals surface area (Å²) in [5.74, 6) is -0.409. The molecular formula is C22H29N3O4. The number of ether oxygens (including phenoxy) is 1. The second-order valence-corrected chi connectivity index (χ2v) is 6.71. The Hall–Kier alpha value is -2.93. The zero-order valence-electron chi connectivity index (χ0n) is 17.2. The van der Waals surface area contributed by atoms with Gasteiger partial charge in [-0.15, -0.1) is 0 Å². The van der Waals surface area contributed by atoms with E-state index in [2.05, 4.69) is 17.2 Å². The zero-order chi connectivity index (χ0) is 21.2. The van der Waals surface area contributed by atoms with E-state index in [1.54, 1.807) is 20.0 Å². The van der Waals surface area contributed by atoms with Crippen LogP contribution in [0, 0.1) is 0 Å². The maximum Gasteiger partial charge on any atom is 0.333 e. The molecule has 156 valence electrons. The first-order chi connectivity index (χ1) is 14.0. The summed E-state index contributed by atoms with van der Waals surface area (Å²) in [4.78, 5) is 29.6. The highest BCUT2D eigenvalue weighted by Crippen LogP contribution is 2.21. The molecule has 2 N–H and O–H groups in total. The number of carbonyl (C=O) groups is 2. The number of rotatable bonds is 10. The lowest BCUT2D eigenvalue weighted by Gasteiger charge is -2.18. The molecule has 0 saturated carbocycles. The summed E-state index contributed by atoms with van der Waals surface area (Å²) < 4.78 is 5.27. The molecule has 0 spiro atoms. The predicted octanol–water partition coefficient (Wildman–Crippen LogP) is 3.73. The molecule has 0 aliphatic carbocycles. The fourth-order valence-electron chi connectivity index (χ4n) is 2.81. The molecule has 0 bridgehead atoms. The Kier molecular flexibility index (Phi) is 8.61. The van der Waals surface area contributed by atoms with Gasteiger partial charge in [-0.2, -0.15) is 0 Å². The third kappa shape index (κ3) is 6.57. The molecule has 0 saturated heterocycles. The van der Waals surface area contributed by atoms with Gasteiger partial charge in [-0.3, -0.25) is 4.90 Å². The monoisotopic (exact) mass is 399 g/mol. The molecule has 1 aromatic carbocycles. The smallest absolute Gasteiger partial charge is 0.333 e. The molecule has 2 aromatic rings. The van der Waals surface area contributed by atoms with Gasteiger partial charge in [-0.1, -0.05) is 43.7 Å². The van der Waals surface area contributed by atoms with Crippen LogP contribution >= 0.6 is 0 Å². The molecule has 7 nitrogen and oxygen atoms in total. The number of benzene rings is 1. The molecule has 2 rings (SSSR count). The summed E-state index contributed by atoms with van der Waals surface area (Å²) in [7, 11) is 1.69. The van der Waals surface area contributed by atoms with Crippen LogP contribution in [0.5, 0.6) is 0 Å². The predicted molar refractivity (Wildman–Crippen MR) is 113 cm³/mol. The number of carboxylic acid groups (broad SMARTS) is 1. The highest BCUT2D eigenvalue weighted by atomic mass is 16.5. The quantitative estimate of drug-likeness (QED) is 0.594. The van der Waals surface area contributed by atoms with Gasteiger partial charge in [0.25, 0.3) is 0 Å². The summed E-state index contributed by atoms with van der Waals surface area (Å²) in [5, 5.41) is 12.1. The fourth-order valence-corrected chi connectivity index (χ4v) is 2.81. The Bertz CT molecular complexity index is 808. The summed E-state index contributed by atoms with van der Waals surface area (Å²) in [5.41, 5.74) is 2.50. The van der Waals surface area contributed by atoms with Crippen molar-refractivity contribution < 1.29 is 19.4 Å². The van der Waals surface area contributed by atoms with Crippen LogP contribution in [0.1, 0.15) is 32.3 Å². The van der Waals surface area contributed by atoms with Gasteiger partial charge in [0.1, 0.15) is 5.82 Å². The van der Waals surface area contributed by atoms with Crippen molar-refractivity contribution in [2.45, 2.75) is 39.2 Å². The Morgan fingerprint density at radius 1 is 1.17 bits per heavy atom. The number of pyridine rings is 1. The minimum absolute atomic E-state index is 0.186. The molecular weight excluding hydrogens is 370 g/mol. The van der Waals surface area contributed by atoms with E-state index in [9.17, 15) is 14.7 Å². The highest BCUT2D eigenvalue weighted by molar-refractivity contribution is 5.90. The molecule has 1 aromatic heterocycles. The molecule has 0 fully saturated rings. The number of amides is 2. The third-order valence-corrected chi connectivity index (χ3v) is 4.50. The first kappa shape index (κ1) is 22.4. The summed E-state index contributed by atoms with van der Waals surface area (Å²) in [6.45, 7) is 4.84. The van der Waals surface area contributed by atoms with Crippen LogP contribution in [0.2, 0.25) is 0 Å². The highest BCUT2D eigenvalue weighted by Gasteiger charge is 2.18. The van der Waals surface area contributed by atoms with E-state index < -0.39 is 12.1 Å². The molecule has 0 radical (unpaired) electrons. The van der Waals surface area contributed by atoms with Crippen LogP contribution in [0.25, 0.3) is 11.3 Å². The normalized spacial score (nSPS) is 11.7. The van der Waals surface area contributed by atoms with Crippen molar-refractivity contribution in [2.75, 3.05) is 25.1 Å². The van der Waals surface area contributed by atoms with Gasteiger partial charge in [0.2, 0.25) is 0 Å². The van der Waals surface area contributed by atoms with E-state index >= 15 is 0 Å². The van der Waals surface area contributed by atoms with Crippen molar-refractivity contribution in [3.63, 3.8) is 0 Å². The molecule has 29 heavy (non-hydrogen) atoms. The van der Waals surface area contributed by atoms with E-state index in [0.29, 0.717) is 25.4 Å². The van der Waals surface area contributed by atoms with Gasteiger partial charge < -0.3 is 15.2 Å². The average Bonchev–Trinajstić information content (AvgIpc) is 2.73. The van der Waals surface area contributed by atoms with Crippen LogP contribution in [0.3, 0.4) is 0 Å². The van der Waals surface area contributed by atoms with Crippen LogP contribution in [-0.4, -0.2) is 48.4 Å². The first-order valence-corrected chi connectivity index (χ1v) is 9.88. The average molecular weight is 399 g/mol. The van der Waals surface area contributed by atoms with E-state index in [-0.39, 0.29) is 6.03 Å². The molecule has 1 unspecified atom stereocenters. The van der Waals surface area contributed by atoms with Gasteiger partial charge >= 0.3 is 12.0 Å². The first-order valence-electron chi connectivity index (χ1n) is 9.88. The second kappa shape index (κ2) is 11.2. The second-order valence-electron chi connectivity index (χ2n) is 6.71. The number of hydrogen-bond acceptors (Lipinski definition) is 4. The Balaban J connectivity index is 2.10. The Labute approximate surface area is 171 Å². The van der Waals surface area contributed by atoms with Crippen LogP contribution in [-0.2, 0) is 16.0 Å². The van der Waals surface area contributed by atoms with Gasteiger partial charge in [0.05, 0.1) is 5.69 Å². The van der Waals surface area contributed by atoms with Gasteiger partial charge in [0, 0.05) is 32.2 Å². The lowest BCUT2D eigenvalue weighted by atomic mass is 10.0. The Morgan fingerprint density at radius 3 is 2.52 bits per heavy atom. The summed E-state index contributed by atoms with van der Waals surface area (Å²) in [6, 6.07) is 12.9. The maximum absolute atomic E-state index is 12.2. The topological polar surface area (TPSA) is 91.8 Å². The minimum atomic E-state index is -0.967. The molecule has 0 aliphatic rings. The van der Waals surface area contributed by atoms with Gasteiger partial charge in [-0.05, 0) is 31.0 Å². The van der Waals surface area contributed by atoms with Crippen LogP contribution in [0.4, 0.5) is 10.6 Å². The van der Waals surface area contributed by atoms with Crippen molar-refractivity contribution >= 4 is 17.8 Å². The lowest BCUT2D eigenvalue weighted by Crippen LogP contribution is -2.38. The molecule has 1 heterocycles. The standard InChI is InChI=1S/C22H29N3O4/c1-4-6-14-23-22(28)25(3)20-9-7-8-18(24-20)17-12-10-16(11-13-17)15-19(21(26)27)29-5-2/h7-13,19H,4-6,14-15H2,1-3H3,(H,23,28)(H,26,27).